The van der Waals surface area contributed by atoms with Gasteiger partial charge in [-0.3, -0.25) is 4.57 Å². The van der Waals surface area contributed by atoms with Crippen LogP contribution < -0.4 is 0 Å². The predicted molar refractivity (Wildman–Crippen MR) is 80.3 cm³/mol. The second-order valence-corrected chi connectivity index (χ2v) is 5.11. The van der Waals surface area contributed by atoms with E-state index in [9.17, 15) is 4.39 Å². The summed E-state index contributed by atoms with van der Waals surface area (Å²) in [6.45, 7) is 0. The summed E-state index contributed by atoms with van der Waals surface area (Å²) in [6.07, 6.45) is 0. The highest BCUT2D eigenvalue weighted by molar-refractivity contribution is 6.30. The normalized spacial score (nSPS) is 10.8. The van der Waals surface area contributed by atoms with Crippen LogP contribution in [0, 0.1) is 17.1 Å². The number of alkyl halides is 1. The van der Waals surface area contributed by atoms with E-state index >= 15 is 0 Å². The Morgan fingerprint density at radius 3 is 2.71 bits per heavy atom. The van der Waals surface area contributed by atoms with E-state index in [0.717, 1.165) is 0 Å². The number of rotatable bonds is 2. The lowest BCUT2D eigenvalue weighted by atomic mass is 10.2. The lowest BCUT2D eigenvalue weighted by Gasteiger charge is -2.09. The van der Waals surface area contributed by atoms with E-state index in [-0.39, 0.29) is 5.88 Å². The van der Waals surface area contributed by atoms with E-state index in [2.05, 4.69) is 11.1 Å². The van der Waals surface area contributed by atoms with Crippen LogP contribution in [0.3, 0.4) is 0 Å². The summed E-state index contributed by atoms with van der Waals surface area (Å²) in [5, 5.41) is 9.33. The highest BCUT2D eigenvalue weighted by Crippen LogP contribution is 2.26. The van der Waals surface area contributed by atoms with Gasteiger partial charge in [-0.05, 0) is 36.4 Å². The Morgan fingerprint density at radius 2 is 2.05 bits per heavy atom. The molecule has 0 saturated heterocycles. The second kappa shape index (κ2) is 5.36. The highest BCUT2D eigenvalue weighted by Gasteiger charge is 2.15. The van der Waals surface area contributed by atoms with Gasteiger partial charge in [-0.25, -0.2) is 9.37 Å². The Labute approximate surface area is 130 Å². The highest BCUT2D eigenvalue weighted by atomic mass is 35.5. The van der Waals surface area contributed by atoms with Gasteiger partial charge in [0.25, 0.3) is 0 Å². The molecule has 0 radical (unpaired) electrons. The quantitative estimate of drug-likeness (QED) is 0.656. The van der Waals surface area contributed by atoms with Crippen molar-refractivity contribution in [3.63, 3.8) is 0 Å². The van der Waals surface area contributed by atoms with E-state index in [1.165, 1.54) is 6.07 Å². The van der Waals surface area contributed by atoms with Gasteiger partial charge in [-0.15, -0.1) is 11.6 Å². The number of hydrogen-bond acceptors (Lipinski definition) is 2. The van der Waals surface area contributed by atoms with Gasteiger partial charge in [0.15, 0.2) is 0 Å². The molecule has 0 bridgehead atoms. The molecule has 3 nitrogen and oxygen atoms in total. The average molecular weight is 320 g/mol. The van der Waals surface area contributed by atoms with Crippen LogP contribution in [-0.4, -0.2) is 9.55 Å². The standard InChI is InChI=1S/C15H8Cl2FN3/c16-7-15-20-12-3-1-9(8-19)5-14(12)21(15)13-4-2-10(17)6-11(13)18/h1-6H,7H2. The molecule has 0 aliphatic rings. The average Bonchev–Trinajstić information content (AvgIpc) is 2.84. The van der Waals surface area contributed by atoms with Crippen LogP contribution in [0.4, 0.5) is 4.39 Å². The maximum Gasteiger partial charge on any atom is 0.148 e. The molecule has 0 fully saturated rings. The fourth-order valence-electron chi connectivity index (χ4n) is 2.22. The third-order valence-electron chi connectivity index (χ3n) is 3.12. The first-order chi connectivity index (χ1) is 10.1. The Morgan fingerprint density at radius 1 is 1.24 bits per heavy atom. The molecule has 1 aromatic heterocycles. The zero-order valence-corrected chi connectivity index (χ0v) is 12.2. The molecule has 21 heavy (non-hydrogen) atoms. The topological polar surface area (TPSA) is 41.6 Å². The van der Waals surface area contributed by atoms with E-state index in [4.69, 9.17) is 28.5 Å². The van der Waals surface area contributed by atoms with E-state index in [0.29, 0.717) is 33.1 Å². The molecule has 0 amide bonds. The van der Waals surface area contributed by atoms with Crippen molar-refractivity contribution in [2.24, 2.45) is 0 Å². The first-order valence-electron chi connectivity index (χ1n) is 6.07. The van der Waals surface area contributed by atoms with Crippen LogP contribution in [0.2, 0.25) is 5.02 Å². The minimum Gasteiger partial charge on any atom is -0.292 e. The van der Waals surface area contributed by atoms with Crippen LogP contribution in [-0.2, 0) is 5.88 Å². The van der Waals surface area contributed by atoms with E-state index < -0.39 is 5.82 Å². The first-order valence-corrected chi connectivity index (χ1v) is 6.98. The van der Waals surface area contributed by atoms with Crippen LogP contribution in [0.1, 0.15) is 11.4 Å². The van der Waals surface area contributed by atoms with E-state index in [1.54, 1.807) is 34.9 Å². The zero-order valence-electron chi connectivity index (χ0n) is 10.6. The molecule has 1 heterocycles. The molecule has 0 unspecified atom stereocenters. The molecule has 0 spiro atoms. The molecule has 3 aromatic rings. The molecule has 3 rings (SSSR count). The van der Waals surface area contributed by atoms with Crippen LogP contribution in [0.25, 0.3) is 16.7 Å². The fourth-order valence-corrected chi connectivity index (χ4v) is 2.55. The molecule has 0 atom stereocenters. The lowest BCUT2D eigenvalue weighted by Crippen LogP contribution is -2.02. The SMILES string of the molecule is N#Cc1ccc2nc(CCl)n(-c3ccc(Cl)cc3F)c2c1. The fraction of sp³-hybridized carbons (Fsp3) is 0.0667. The second-order valence-electron chi connectivity index (χ2n) is 4.41. The predicted octanol–water partition coefficient (Wildman–Crippen LogP) is 4.43. The lowest BCUT2D eigenvalue weighted by molar-refractivity contribution is 0.618. The van der Waals surface area contributed by atoms with Crippen molar-refractivity contribution < 1.29 is 4.39 Å². The van der Waals surface area contributed by atoms with E-state index in [1.807, 2.05) is 0 Å². The molecule has 0 aliphatic heterocycles. The molecule has 104 valence electrons. The summed E-state index contributed by atoms with van der Waals surface area (Å²) in [5.74, 6) is 0.150. The monoisotopic (exact) mass is 319 g/mol. The molecular formula is C15H8Cl2FN3. The van der Waals surface area contributed by atoms with Gasteiger partial charge < -0.3 is 0 Å². The Bertz CT molecular complexity index is 880. The smallest absolute Gasteiger partial charge is 0.148 e. The number of imidazole rings is 1. The minimum absolute atomic E-state index is 0.124. The largest absolute Gasteiger partial charge is 0.292 e. The third-order valence-corrected chi connectivity index (χ3v) is 3.60. The van der Waals surface area contributed by atoms with Crippen molar-refractivity contribution in [3.8, 4) is 11.8 Å². The van der Waals surface area contributed by atoms with Gasteiger partial charge in [-0.2, -0.15) is 5.26 Å². The van der Waals surface area contributed by atoms with Crippen molar-refractivity contribution in [1.82, 2.24) is 9.55 Å². The summed E-state index contributed by atoms with van der Waals surface area (Å²) >= 11 is 11.7. The zero-order chi connectivity index (χ0) is 15.0. The summed E-state index contributed by atoms with van der Waals surface area (Å²) < 4.78 is 15.8. The number of fused-ring (bicyclic) bond motifs is 1. The van der Waals surface area contributed by atoms with Gasteiger partial charge in [0.05, 0.1) is 34.2 Å². The summed E-state index contributed by atoms with van der Waals surface area (Å²) in [6, 6.07) is 11.5. The number of benzene rings is 2. The van der Waals surface area contributed by atoms with Gasteiger partial charge in [0, 0.05) is 5.02 Å². The number of hydrogen-bond donors (Lipinski definition) is 0. The maximum absolute atomic E-state index is 14.2. The number of halogens is 3. The molecule has 0 N–H and O–H groups in total. The maximum atomic E-state index is 14.2. The van der Waals surface area contributed by atoms with Crippen molar-refractivity contribution in [1.29, 1.82) is 5.26 Å². The van der Waals surface area contributed by atoms with Gasteiger partial charge in [-0.1, -0.05) is 11.6 Å². The molecule has 6 heteroatoms. The minimum atomic E-state index is -0.476. The Kier molecular flexibility index (Phi) is 3.54. The molecular weight excluding hydrogens is 312 g/mol. The molecule has 2 aromatic carbocycles. The Balaban J connectivity index is 2.36. The van der Waals surface area contributed by atoms with Crippen LogP contribution >= 0.6 is 23.2 Å². The van der Waals surface area contributed by atoms with Crippen LogP contribution in [0.5, 0.6) is 0 Å². The van der Waals surface area contributed by atoms with Gasteiger partial charge in [0.1, 0.15) is 11.6 Å². The Hall–Kier alpha value is -2.09. The number of nitriles is 1. The van der Waals surface area contributed by atoms with Gasteiger partial charge in [0.2, 0.25) is 0 Å². The van der Waals surface area contributed by atoms with Crippen molar-refractivity contribution in [2.75, 3.05) is 0 Å². The third kappa shape index (κ3) is 2.35. The first kappa shape index (κ1) is 13.9. The summed E-state index contributed by atoms with van der Waals surface area (Å²) in [5.41, 5.74) is 2.05. The summed E-state index contributed by atoms with van der Waals surface area (Å²) in [4.78, 5) is 4.37. The van der Waals surface area contributed by atoms with Crippen LogP contribution in [0.15, 0.2) is 36.4 Å². The van der Waals surface area contributed by atoms with Gasteiger partial charge >= 0.3 is 0 Å². The molecule has 0 saturated carbocycles. The number of nitrogens with zero attached hydrogens (tertiary/aromatic N) is 3. The van der Waals surface area contributed by atoms with Crippen molar-refractivity contribution in [2.45, 2.75) is 5.88 Å². The van der Waals surface area contributed by atoms with Crippen molar-refractivity contribution >= 4 is 34.2 Å². The molecule has 0 aliphatic carbocycles. The van der Waals surface area contributed by atoms with Crippen molar-refractivity contribution in [3.05, 3.63) is 58.6 Å². The summed E-state index contributed by atoms with van der Waals surface area (Å²) in [7, 11) is 0. The number of aromatic nitrogens is 2.